The van der Waals surface area contributed by atoms with E-state index in [0.29, 0.717) is 0 Å². The van der Waals surface area contributed by atoms with Crippen LogP contribution >= 0.6 is 0 Å². The highest BCUT2D eigenvalue weighted by molar-refractivity contribution is 4.98. The van der Waals surface area contributed by atoms with E-state index in [0.717, 1.165) is 0 Å². The summed E-state index contributed by atoms with van der Waals surface area (Å²) < 4.78 is 0. The van der Waals surface area contributed by atoms with Crippen LogP contribution in [0.2, 0.25) is 0 Å². The van der Waals surface area contributed by atoms with Crippen molar-refractivity contribution in [2.45, 2.75) is 24.2 Å². The van der Waals surface area contributed by atoms with E-state index in [2.05, 4.69) is 5.32 Å². The average Bonchev–Trinajstić information content (AvgIpc) is 2.25. The zero-order valence-electron chi connectivity index (χ0n) is 8.72. The quantitative estimate of drug-likeness (QED) is 0.221. The van der Waals surface area contributed by atoms with Gasteiger partial charge in [-0.3, -0.25) is 5.32 Å². The highest BCUT2D eigenvalue weighted by Gasteiger charge is 2.39. The number of nitrogens with one attached hydrogen (secondary N) is 1. The van der Waals surface area contributed by atoms with Crippen LogP contribution in [0.4, 0.5) is 0 Å². The van der Waals surface area contributed by atoms with Crippen LogP contribution in [0.1, 0.15) is 6.92 Å². The molecule has 0 aromatic heterocycles. The van der Waals surface area contributed by atoms with Crippen molar-refractivity contribution < 1.29 is 25.5 Å². The predicted molar refractivity (Wildman–Crippen MR) is 52.8 cm³/mol. The summed E-state index contributed by atoms with van der Waals surface area (Å²) in [5, 5.41) is 47.9. The van der Waals surface area contributed by atoms with E-state index in [1.54, 1.807) is 0 Å². The first-order valence-corrected chi connectivity index (χ1v) is 4.56. The van der Waals surface area contributed by atoms with Crippen LogP contribution in [-0.2, 0) is 0 Å². The summed E-state index contributed by atoms with van der Waals surface area (Å²) in [7, 11) is 0. The van der Waals surface area contributed by atoms with E-state index in [4.69, 9.17) is 26.2 Å². The summed E-state index contributed by atoms with van der Waals surface area (Å²) in [5.41, 5.74) is 2.54. The Bertz CT molecular complexity index is 171. The molecule has 0 radical (unpaired) electrons. The normalized spacial score (nSPS) is 18.6. The number of aliphatic hydroxyl groups is 5. The van der Waals surface area contributed by atoms with Gasteiger partial charge in [0.1, 0.15) is 6.23 Å². The minimum Gasteiger partial charge on any atom is -0.394 e. The first kappa shape index (κ1) is 14.7. The third-order valence-electron chi connectivity index (χ3n) is 2.44. The number of rotatable bonds is 7. The lowest BCUT2D eigenvalue weighted by molar-refractivity contribution is -0.0331. The van der Waals surface area contributed by atoms with Crippen LogP contribution in [0, 0.1) is 0 Å². The lowest BCUT2D eigenvalue weighted by Gasteiger charge is -2.41. The van der Waals surface area contributed by atoms with Gasteiger partial charge in [-0.2, -0.15) is 0 Å². The lowest BCUT2D eigenvalue weighted by atomic mass is 9.93. The monoisotopic (exact) mass is 224 g/mol. The highest BCUT2D eigenvalue weighted by Crippen LogP contribution is 2.13. The number of aliphatic hydroxyl groups excluding tert-OH is 5. The Morgan fingerprint density at radius 3 is 1.67 bits per heavy atom. The molecule has 0 amide bonds. The fraction of sp³-hybridized carbons (Fsp3) is 1.00. The summed E-state index contributed by atoms with van der Waals surface area (Å²) in [5.74, 6) is 0. The van der Waals surface area contributed by atoms with Gasteiger partial charge in [0.25, 0.3) is 0 Å². The van der Waals surface area contributed by atoms with Gasteiger partial charge in [-0.25, -0.2) is 0 Å². The maximum Gasteiger partial charge on any atom is 0.122 e. The van der Waals surface area contributed by atoms with Crippen molar-refractivity contribution in [1.82, 2.24) is 5.32 Å². The van der Waals surface area contributed by atoms with E-state index >= 15 is 0 Å². The van der Waals surface area contributed by atoms with Gasteiger partial charge in [-0.15, -0.1) is 0 Å². The Kier molecular flexibility index (Phi) is 5.60. The molecule has 15 heavy (non-hydrogen) atoms. The fourth-order valence-electron chi connectivity index (χ4n) is 1.08. The van der Waals surface area contributed by atoms with Crippen molar-refractivity contribution in [3.8, 4) is 0 Å². The van der Waals surface area contributed by atoms with Crippen molar-refractivity contribution in [2.24, 2.45) is 5.73 Å². The average molecular weight is 224 g/mol. The van der Waals surface area contributed by atoms with Crippen molar-refractivity contribution in [2.75, 3.05) is 26.4 Å². The summed E-state index contributed by atoms with van der Waals surface area (Å²) in [6.45, 7) is -0.757. The Hall–Kier alpha value is -0.280. The van der Waals surface area contributed by atoms with Gasteiger partial charge in [0, 0.05) is 0 Å². The number of hydrogen-bond donors (Lipinski definition) is 7. The number of nitrogens with two attached hydrogens (primary N) is 1. The molecule has 0 aliphatic heterocycles. The van der Waals surface area contributed by atoms with E-state index < -0.39 is 43.7 Å². The second-order valence-corrected chi connectivity index (χ2v) is 3.90. The summed E-state index contributed by atoms with van der Waals surface area (Å²) in [6, 6.07) is 0. The molecular formula is C8H20N2O5. The van der Waals surface area contributed by atoms with Crippen LogP contribution in [0.15, 0.2) is 0 Å². The Balaban J connectivity index is 4.77. The molecule has 0 rings (SSSR count). The van der Waals surface area contributed by atoms with E-state index in [1.807, 2.05) is 0 Å². The van der Waals surface area contributed by atoms with Crippen LogP contribution in [0.5, 0.6) is 0 Å². The van der Waals surface area contributed by atoms with Crippen LogP contribution < -0.4 is 11.1 Å². The van der Waals surface area contributed by atoms with Crippen molar-refractivity contribution in [1.29, 1.82) is 0 Å². The summed E-state index contributed by atoms with van der Waals surface area (Å²) in [4.78, 5) is 0. The molecule has 2 atom stereocenters. The van der Waals surface area contributed by atoms with Crippen LogP contribution in [0.3, 0.4) is 0 Å². The van der Waals surface area contributed by atoms with Gasteiger partial charge in [0.15, 0.2) is 0 Å². The van der Waals surface area contributed by atoms with Crippen molar-refractivity contribution >= 4 is 0 Å². The zero-order chi connectivity index (χ0) is 12.1. The highest BCUT2D eigenvalue weighted by atomic mass is 16.3. The van der Waals surface area contributed by atoms with Crippen molar-refractivity contribution in [3.05, 3.63) is 0 Å². The second kappa shape index (κ2) is 5.71. The van der Waals surface area contributed by atoms with Gasteiger partial charge < -0.3 is 31.3 Å². The van der Waals surface area contributed by atoms with Gasteiger partial charge in [0.05, 0.1) is 37.5 Å². The molecule has 0 bridgehead atoms. The molecule has 7 nitrogen and oxygen atoms in total. The fourth-order valence-corrected chi connectivity index (χ4v) is 1.08. The molecule has 0 fully saturated rings. The van der Waals surface area contributed by atoms with Crippen LogP contribution in [-0.4, -0.2) is 69.3 Å². The lowest BCUT2D eigenvalue weighted by Crippen LogP contribution is -2.69. The van der Waals surface area contributed by atoms with E-state index in [9.17, 15) is 5.11 Å². The van der Waals surface area contributed by atoms with Crippen LogP contribution in [0.25, 0.3) is 0 Å². The van der Waals surface area contributed by atoms with Gasteiger partial charge in [-0.05, 0) is 6.92 Å². The molecule has 0 spiro atoms. The Morgan fingerprint density at radius 2 is 1.47 bits per heavy atom. The summed E-state index contributed by atoms with van der Waals surface area (Å²) in [6.07, 6.45) is -1.40. The molecule has 2 unspecified atom stereocenters. The molecule has 0 aliphatic carbocycles. The third-order valence-corrected chi connectivity index (χ3v) is 2.44. The molecule has 92 valence electrons. The first-order chi connectivity index (χ1) is 6.89. The predicted octanol–water partition coefficient (Wildman–Crippen LogP) is -3.68. The maximum atomic E-state index is 9.23. The van der Waals surface area contributed by atoms with E-state index in [1.165, 1.54) is 6.92 Å². The third kappa shape index (κ3) is 3.35. The zero-order valence-corrected chi connectivity index (χ0v) is 8.72. The minimum absolute atomic E-state index is 0.508. The maximum absolute atomic E-state index is 9.23. The SMILES string of the molecule is CC(CO)(NC(CO)(CO)CO)C(N)O. The molecule has 0 aromatic rings. The molecular weight excluding hydrogens is 204 g/mol. The molecule has 8 N–H and O–H groups in total. The standard InChI is InChI=1S/C8H20N2O5/c1-7(2-11,6(9)15)10-8(3-12,4-13)5-14/h6,10-15H,2-5,9H2,1H3. The molecule has 0 heterocycles. The first-order valence-electron chi connectivity index (χ1n) is 4.56. The molecule has 7 heteroatoms. The Labute approximate surface area is 88.2 Å². The second-order valence-electron chi connectivity index (χ2n) is 3.90. The van der Waals surface area contributed by atoms with Gasteiger partial charge in [-0.1, -0.05) is 0 Å². The smallest absolute Gasteiger partial charge is 0.122 e. The topological polar surface area (TPSA) is 139 Å². The molecule has 0 saturated heterocycles. The summed E-state index contributed by atoms with van der Waals surface area (Å²) >= 11 is 0. The minimum atomic E-state index is -1.40. The largest absolute Gasteiger partial charge is 0.394 e. The molecule has 0 saturated carbocycles. The van der Waals surface area contributed by atoms with Gasteiger partial charge >= 0.3 is 0 Å². The van der Waals surface area contributed by atoms with E-state index in [-0.39, 0.29) is 0 Å². The number of hydrogen-bond acceptors (Lipinski definition) is 7. The van der Waals surface area contributed by atoms with Gasteiger partial charge in [0.2, 0.25) is 0 Å². The Morgan fingerprint density at radius 1 is 1.07 bits per heavy atom. The molecule has 0 aromatic carbocycles. The van der Waals surface area contributed by atoms with Crippen molar-refractivity contribution in [3.63, 3.8) is 0 Å². The molecule has 0 aliphatic rings.